The first-order valence-electron chi connectivity index (χ1n) is 6.47. The van der Waals surface area contributed by atoms with Gasteiger partial charge in [0.1, 0.15) is 6.54 Å². The molecule has 0 saturated heterocycles. The van der Waals surface area contributed by atoms with Crippen molar-refractivity contribution in [3.63, 3.8) is 0 Å². The average Bonchev–Trinajstić information content (AvgIpc) is 2.91. The van der Waals surface area contributed by atoms with E-state index in [-0.39, 0.29) is 29.1 Å². The van der Waals surface area contributed by atoms with Gasteiger partial charge in [-0.1, -0.05) is 36.0 Å². The molecule has 1 fully saturated rings. The van der Waals surface area contributed by atoms with Gasteiger partial charge >= 0.3 is 5.97 Å². The molecule has 1 aliphatic carbocycles. The number of amides is 1. The van der Waals surface area contributed by atoms with Crippen LogP contribution in [0.4, 0.5) is 0 Å². The zero-order valence-corrected chi connectivity index (χ0v) is 12.3. The van der Waals surface area contributed by atoms with Crippen molar-refractivity contribution in [2.75, 3.05) is 6.54 Å². The van der Waals surface area contributed by atoms with Gasteiger partial charge in [-0.3, -0.25) is 9.59 Å². The Morgan fingerprint density at radius 3 is 2.50 bits per heavy atom. The van der Waals surface area contributed by atoms with Crippen molar-refractivity contribution in [2.45, 2.75) is 31.7 Å². The summed E-state index contributed by atoms with van der Waals surface area (Å²) in [6, 6.07) is 4.59. The van der Waals surface area contributed by atoms with Crippen molar-refractivity contribution in [2.24, 2.45) is 0 Å². The summed E-state index contributed by atoms with van der Waals surface area (Å²) in [6.45, 7) is -0.313. The van der Waals surface area contributed by atoms with Gasteiger partial charge in [0.25, 0.3) is 5.91 Å². The van der Waals surface area contributed by atoms with Gasteiger partial charge in [0, 0.05) is 11.1 Å². The molecule has 1 aromatic rings. The molecule has 1 N–H and O–H groups in total. The van der Waals surface area contributed by atoms with Crippen molar-refractivity contribution >= 4 is 35.1 Å². The van der Waals surface area contributed by atoms with Crippen LogP contribution in [0.15, 0.2) is 18.2 Å². The Morgan fingerprint density at radius 2 is 1.90 bits per heavy atom. The van der Waals surface area contributed by atoms with Gasteiger partial charge in [-0.2, -0.15) is 0 Å². The molecule has 0 heterocycles. The molecule has 20 heavy (non-hydrogen) atoms. The maximum atomic E-state index is 12.6. The van der Waals surface area contributed by atoms with Crippen LogP contribution < -0.4 is 0 Å². The highest BCUT2D eigenvalue weighted by atomic mass is 35.5. The van der Waals surface area contributed by atoms with E-state index in [2.05, 4.69) is 0 Å². The summed E-state index contributed by atoms with van der Waals surface area (Å²) in [6.07, 6.45) is 3.68. The molecule has 0 bridgehead atoms. The number of benzene rings is 1. The van der Waals surface area contributed by atoms with Crippen molar-refractivity contribution < 1.29 is 14.7 Å². The van der Waals surface area contributed by atoms with Gasteiger partial charge in [-0.05, 0) is 31.0 Å². The highest BCUT2D eigenvalue weighted by molar-refractivity contribution is 6.35. The minimum atomic E-state index is -1.02. The van der Waals surface area contributed by atoms with E-state index < -0.39 is 5.97 Å². The number of carboxylic acid groups (broad SMARTS) is 1. The first kappa shape index (κ1) is 15.1. The van der Waals surface area contributed by atoms with Crippen LogP contribution in [-0.4, -0.2) is 34.5 Å². The molecule has 4 nitrogen and oxygen atoms in total. The first-order chi connectivity index (χ1) is 9.49. The fourth-order valence-corrected chi connectivity index (χ4v) is 2.91. The number of carbonyl (C=O) groups is 2. The Kier molecular flexibility index (Phi) is 4.89. The highest BCUT2D eigenvalue weighted by Crippen LogP contribution is 2.28. The molecule has 108 valence electrons. The van der Waals surface area contributed by atoms with E-state index in [1.807, 2.05) is 0 Å². The van der Waals surface area contributed by atoms with Crippen LogP contribution in [0.25, 0.3) is 0 Å². The Bertz CT molecular complexity index is 527. The topological polar surface area (TPSA) is 57.6 Å². The molecule has 0 radical (unpaired) electrons. The number of hydrogen-bond donors (Lipinski definition) is 1. The van der Waals surface area contributed by atoms with Crippen LogP contribution in [0.5, 0.6) is 0 Å². The van der Waals surface area contributed by atoms with Crippen LogP contribution in [0, 0.1) is 0 Å². The van der Waals surface area contributed by atoms with Crippen LogP contribution in [-0.2, 0) is 4.79 Å². The number of hydrogen-bond acceptors (Lipinski definition) is 2. The van der Waals surface area contributed by atoms with Crippen LogP contribution in [0.2, 0.25) is 10.0 Å². The number of carboxylic acids is 1. The fourth-order valence-electron chi connectivity index (χ4n) is 2.54. The maximum absolute atomic E-state index is 12.6. The van der Waals surface area contributed by atoms with Gasteiger partial charge in [0.05, 0.1) is 10.6 Å². The fraction of sp³-hybridized carbons (Fsp3) is 0.429. The SMILES string of the molecule is O=C(O)CN(C(=O)c1cc(Cl)ccc1Cl)C1CCCC1. The van der Waals surface area contributed by atoms with Crippen LogP contribution in [0.3, 0.4) is 0 Å². The summed E-state index contributed by atoms with van der Waals surface area (Å²) < 4.78 is 0. The van der Waals surface area contributed by atoms with Crippen LogP contribution >= 0.6 is 23.2 Å². The van der Waals surface area contributed by atoms with Gasteiger partial charge in [-0.25, -0.2) is 0 Å². The Morgan fingerprint density at radius 1 is 1.25 bits per heavy atom. The molecule has 0 spiro atoms. The molecule has 0 unspecified atom stereocenters. The van der Waals surface area contributed by atoms with E-state index in [0.717, 1.165) is 25.7 Å². The zero-order chi connectivity index (χ0) is 14.7. The molecule has 1 amide bonds. The number of halogens is 2. The first-order valence-corrected chi connectivity index (χ1v) is 7.22. The lowest BCUT2D eigenvalue weighted by Crippen LogP contribution is -2.42. The summed E-state index contributed by atoms with van der Waals surface area (Å²) in [4.78, 5) is 25.0. The maximum Gasteiger partial charge on any atom is 0.323 e. The summed E-state index contributed by atoms with van der Waals surface area (Å²) in [5.74, 6) is -1.39. The van der Waals surface area contributed by atoms with E-state index >= 15 is 0 Å². The third-order valence-corrected chi connectivity index (χ3v) is 4.06. The smallest absolute Gasteiger partial charge is 0.323 e. The van der Waals surface area contributed by atoms with Crippen molar-refractivity contribution in [1.82, 2.24) is 4.90 Å². The van der Waals surface area contributed by atoms with E-state index in [1.54, 1.807) is 12.1 Å². The number of carbonyl (C=O) groups excluding carboxylic acids is 1. The molecule has 2 rings (SSSR count). The van der Waals surface area contributed by atoms with Gasteiger partial charge in [0.15, 0.2) is 0 Å². The summed E-state index contributed by atoms with van der Waals surface area (Å²) >= 11 is 11.9. The van der Waals surface area contributed by atoms with Gasteiger partial charge in [-0.15, -0.1) is 0 Å². The summed E-state index contributed by atoms with van der Waals surface area (Å²) in [7, 11) is 0. The molecule has 6 heteroatoms. The number of nitrogens with zero attached hydrogens (tertiary/aromatic N) is 1. The second-order valence-electron chi connectivity index (χ2n) is 4.89. The normalized spacial score (nSPS) is 15.3. The van der Waals surface area contributed by atoms with E-state index in [1.165, 1.54) is 11.0 Å². The number of rotatable bonds is 4. The lowest BCUT2D eigenvalue weighted by atomic mass is 10.1. The molecule has 0 aliphatic heterocycles. The molecule has 0 atom stereocenters. The summed E-state index contributed by atoms with van der Waals surface area (Å²) in [5.41, 5.74) is 0.257. The monoisotopic (exact) mass is 315 g/mol. The van der Waals surface area contributed by atoms with Crippen molar-refractivity contribution in [3.05, 3.63) is 33.8 Å². The number of aliphatic carboxylic acids is 1. The Hall–Kier alpha value is -1.26. The lowest BCUT2D eigenvalue weighted by Gasteiger charge is -2.27. The van der Waals surface area contributed by atoms with Crippen LogP contribution in [0.1, 0.15) is 36.0 Å². The molecular formula is C14H15Cl2NO3. The molecular weight excluding hydrogens is 301 g/mol. The molecule has 1 aromatic carbocycles. The Balaban J connectivity index is 2.29. The predicted molar refractivity (Wildman–Crippen MR) is 77.4 cm³/mol. The lowest BCUT2D eigenvalue weighted by molar-refractivity contribution is -0.138. The summed E-state index contributed by atoms with van der Waals surface area (Å²) in [5, 5.41) is 9.70. The van der Waals surface area contributed by atoms with E-state index in [9.17, 15) is 9.59 Å². The Labute approximate surface area is 127 Å². The minimum absolute atomic E-state index is 0.0337. The molecule has 1 aliphatic rings. The second-order valence-corrected chi connectivity index (χ2v) is 5.73. The third kappa shape index (κ3) is 3.44. The van der Waals surface area contributed by atoms with Gasteiger partial charge < -0.3 is 10.0 Å². The standard InChI is InChI=1S/C14H15Cl2NO3/c15-9-5-6-12(16)11(7-9)14(20)17(8-13(18)19)10-3-1-2-4-10/h5-7,10H,1-4,8H2,(H,18,19). The quantitative estimate of drug-likeness (QED) is 0.925. The minimum Gasteiger partial charge on any atom is -0.480 e. The van der Waals surface area contributed by atoms with Crippen molar-refractivity contribution in [3.8, 4) is 0 Å². The molecule has 0 aromatic heterocycles. The molecule has 1 saturated carbocycles. The third-order valence-electron chi connectivity index (χ3n) is 3.49. The second kappa shape index (κ2) is 6.46. The van der Waals surface area contributed by atoms with Crippen molar-refractivity contribution in [1.29, 1.82) is 0 Å². The largest absolute Gasteiger partial charge is 0.480 e. The van der Waals surface area contributed by atoms with E-state index in [4.69, 9.17) is 28.3 Å². The van der Waals surface area contributed by atoms with E-state index in [0.29, 0.717) is 5.02 Å². The highest BCUT2D eigenvalue weighted by Gasteiger charge is 2.30. The van der Waals surface area contributed by atoms with Gasteiger partial charge in [0.2, 0.25) is 0 Å². The average molecular weight is 316 g/mol. The predicted octanol–water partition coefficient (Wildman–Crippen LogP) is 3.46. The zero-order valence-electron chi connectivity index (χ0n) is 10.8.